The van der Waals surface area contributed by atoms with Crippen LogP contribution in [0.15, 0.2) is 53.6 Å². The van der Waals surface area contributed by atoms with Gasteiger partial charge in [0.15, 0.2) is 9.84 Å². The number of hydrogen-bond acceptors (Lipinski definition) is 8. The molecule has 4 heterocycles. The Kier molecular flexibility index (Phi) is 8.70. The van der Waals surface area contributed by atoms with Crippen LogP contribution >= 0.6 is 0 Å². The van der Waals surface area contributed by atoms with Gasteiger partial charge in [-0.15, -0.1) is 0 Å². The molecule has 0 unspecified atom stereocenters. The molecular weight excluding hydrogens is 576 g/mol. The molecule has 2 N–H and O–H groups in total. The monoisotopic (exact) mass is 609 g/mol. The summed E-state index contributed by atoms with van der Waals surface area (Å²) in [6.45, 7) is 6.61. The molecule has 4 aromatic rings. The van der Waals surface area contributed by atoms with E-state index >= 15 is 0 Å². The Hall–Kier alpha value is -4.03. The number of halogens is 2. The number of pyridine rings is 3. The summed E-state index contributed by atoms with van der Waals surface area (Å²) in [6.07, 6.45) is 2.72. The highest BCUT2D eigenvalue weighted by atomic mass is 32.2. The smallest absolute Gasteiger partial charge is 0.251 e. The van der Waals surface area contributed by atoms with Gasteiger partial charge in [0.05, 0.1) is 46.4 Å². The lowest BCUT2D eigenvalue weighted by atomic mass is 9.92. The molecule has 12 heteroatoms. The molecule has 1 aliphatic rings. The average molecular weight is 610 g/mol. The first kappa shape index (κ1) is 30.4. The van der Waals surface area contributed by atoms with E-state index < -0.39 is 39.7 Å². The second kappa shape index (κ2) is 12.3. The first-order valence-electron chi connectivity index (χ1n) is 14.0. The maximum Gasteiger partial charge on any atom is 0.251 e. The third-order valence-corrected chi connectivity index (χ3v) is 9.36. The second-order valence-corrected chi connectivity index (χ2v) is 13.3. The molecule has 1 aromatic carbocycles. The predicted molar refractivity (Wildman–Crippen MR) is 159 cm³/mol. The lowest BCUT2D eigenvalue weighted by Gasteiger charge is -2.36. The van der Waals surface area contributed by atoms with Gasteiger partial charge in [0.25, 0.3) is 5.91 Å². The van der Waals surface area contributed by atoms with E-state index in [0.717, 1.165) is 37.0 Å². The molecule has 1 fully saturated rings. The number of amides is 1. The van der Waals surface area contributed by atoms with Gasteiger partial charge >= 0.3 is 0 Å². The summed E-state index contributed by atoms with van der Waals surface area (Å²) < 4.78 is 54.1. The summed E-state index contributed by atoms with van der Waals surface area (Å²) in [5.74, 6) is -0.983. The minimum absolute atomic E-state index is 0.0391. The quantitative estimate of drug-likeness (QED) is 0.300. The second-order valence-electron chi connectivity index (χ2n) is 11.3. The molecule has 2 atom stereocenters. The van der Waals surface area contributed by atoms with Crippen molar-refractivity contribution in [3.63, 3.8) is 0 Å². The predicted octanol–water partition coefficient (Wildman–Crippen LogP) is 4.46. The van der Waals surface area contributed by atoms with Gasteiger partial charge in [-0.1, -0.05) is 13.8 Å². The van der Waals surface area contributed by atoms with E-state index in [1.165, 1.54) is 19.1 Å². The van der Waals surface area contributed by atoms with Gasteiger partial charge in [0.2, 0.25) is 0 Å². The number of hydrogen-bond donors (Lipinski definition) is 2. The fourth-order valence-corrected chi connectivity index (χ4v) is 6.87. The number of piperidine rings is 1. The van der Waals surface area contributed by atoms with Crippen molar-refractivity contribution in [3.05, 3.63) is 77.1 Å². The molecule has 226 valence electrons. The Morgan fingerprint density at radius 1 is 1.05 bits per heavy atom. The highest BCUT2D eigenvalue weighted by Gasteiger charge is 2.24. The standard InChI is InChI=1S/C31H33F2N5O4S/c1-18-8-19(2)17-38(16-18)30-12-23(32)11-28(37-30)26-5-4-21-14-34-24(13-27(21)36-26)15-35-31(40)22-9-25(33)20(3)29(10-22)43(41,42)7-6-39/h4-5,9-14,18-19,39H,6-8,15-17H2,1-3H3,(H,35,40)/t18-,19+. The third-order valence-electron chi connectivity index (χ3n) is 7.55. The van der Waals surface area contributed by atoms with Gasteiger partial charge in [-0.25, -0.2) is 27.2 Å². The maximum atomic E-state index is 14.7. The van der Waals surface area contributed by atoms with Crippen molar-refractivity contribution in [2.75, 3.05) is 30.3 Å². The Bertz CT molecular complexity index is 1790. The van der Waals surface area contributed by atoms with Crippen molar-refractivity contribution in [1.82, 2.24) is 20.3 Å². The lowest BCUT2D eigenvalue weighted by molar-refractivity contribution is 0.0949. The largest absolute Gasteiger partial charge is 0.395 e. The van der Waals surface area contributed by atoms with E-state index in [1.54, 1.807) is 18.3 Å². The molecule has 3 aromatic heterocycles. The van der Waals surface area contributed by atoms with Gasteiger partial charge in [-0.3, -0.25) is 9.78 Å². The Morgan fingerprint density at radius 3 is 2.51 bits per heavy atom. The Labute approximate surface area is 248 Å². The third kappa shape index (κ3) is 6.80. The normalized spacial score (nSPS) is 17.3. The minimum Gasteiger partial charge on any atom is -0.395 e. The van der Waals surface area contributed by atoms with Gasteiger partial charge in [0.1, 0.15) is 17.5 Å². The van der Waals surface area contributed by atoms with Crippen LogP contribution in [0.4, 0.5) is 14.6 Å². The number of sulfone groups is 1. The van der Waals surface area contributed by atoms with Crippen LogP contribution in [0.2, 0.25) is 0 Å². The number of carbonyl (C=O) groups excluding carboxylic acids is 1. The van der Waals surface area contributed by atoms with Crippen molar-refractivity contribution in [1.29, 1.82) is 0 Å². The zero-order chi connectivity index (χ0) is 30.9. The van der Waals surface area contributed by atoms with Crippen LogP contribution in [-0.2, 0) is 16.4 Å². The van der Waals surface area contributed by atoms with E-state index in [2.05, 4.69) is 34.0 Å². The molecule has 0 radical (unpaired) electrons. The van der Waals surface area contributed by atoms with E-state index in [9.17, 15) is 22.0 Å². The van der Waals surface area contributed by atoms with Crippen LogP contribution in [0.1, 0.15) is 41.9 Å². The average Bonchev–Trinajstić information content (AvgIpc) is 2.95. The topological polar surface area (TPSA) is 125 Å². The van der Waals surface area contributed by atoms with Crippen LogP contribution in [0.3, 0.4) is 0 Å². The molecule has 0 aliphatic carbocycles. The summed E-state index contributed by atoms with van der Waals surface area (Å²) in [5, 5.41) is 12.4. The summed E-state index contributed by atoms with van der Waals surface area (Å²) >= 11 is 0. The van der Waals surface area contributed by atoms with E-state index in [1.807, 2.05) is 6.07 Å². The van der Waals surface area contributed by atoms with Crippen molar-refractivity contribution in [2.24, 2.45) is 11.8 Å². The first-order chi connectivity index (χ1) is 20.4. The number of nitrogens with one attached hydrogen (secondary N) is 1. The molecule has 0 spiro atoms. The summed E-state index contributed by atoms with van der Waals surface area (Å²) in [5.41, 5.74) is 1.61. The molecule has 43 heavy (non-hydrogen) atoms. The SMILES string of the molecule is Cc1c(F)cc(C(=O)NCc2cc3nc(-c4cc(F)cc(N5C[C@H](C)C[C@H](C)C5)n4)ccc3cn2)cc1S(=O)(=O)CCO. The highest BCUT2D eigenvalue weighted by Crippen LogP contribution is 2.28. The van der Waals surface area contributed by atoms with E-state index in [4.69, 9.17) is 10.1 Å². The van der Waals surface area contributed by atoms with Crippen LogP contribution in [0, 0.1) is 30.4 Å². The molecule has 1 aliphatic heterocycles. The molecule has 0 saturated carbocycles. The summed E-state index contributed by atoms with van der Waals surface area (Å²) in [7, 11) is -3.98. The lowest BCUT2D eigenvalue weighted by Crippen LogP contribution is -2.39. The van der Waals surface area contributed by atoms with E-state index in [-0.39, 0.29) is 22.6 Å². The molecule has 1 saturated heterocycles. The number of fused-ring (bicyclic) bond motifs is 1. The highest BCUT2D eigenvalue weighted by molar-refractivity contribution is 7.91. The number of nitrogens with zero attached hydrogens (tertiary/aromatic N) is 4. The van der Waals surface area contributed by atoms with Crippen LogP contribution in [0.25, 0.3) is 22.3 Å². The maximum absolute atomic E-state index is 14.7. The van der Waals surface area contributed by atoms with Gasteiger partial charge in [0, 0.05) is 47.9 Å². The Balaban J connectivity index is 1.37. The molecule has 0 bridgehead atoms. The number of benzene rings is 1. The van der Waals surface area contributed by atoms with Crippen LogP contribution in [0.5, 0.6) is 0 Å². The number of carbonyl (C=O) groups is 1. The van der Waals surface area contributed by atoms with Gasteiger partial charge < -0.3 is 15.3 Å². The fraction of sp³-hybridized carbons (Fsp3) is 0.355. The number of anilines is 1. The van der Waals surface area contributed by atoms with E-state index in [0.29, 0.717) is 40.3 Å². The van der Waals surface area contributed by atoms with Crippen molar-refractivity contribution in [3.8, 4) is 11.4 Å². The minimum atomic E-state index is -3.98. The Morgan fingerprint density at radius 2 is 1.79 bits per heavy atom. The fourth-order valence-electron chi connectivity index (χ4n) is 5.53. The van der Waals surface area contributed by atoms with Crippen LogP contribution < -0.4 is 10.2 Å². The summed E-state index contributed by atoms with van der Waals surface area (Å²) in [4.78, 5) is 28.4. The molecule has 5 rings (SSSR count). The first-order valence-corrected chi connectivity index (χ1v) is 15.7. The zero-order valence-electron chi connectivity index (χ0n) is 24.1. The molecule has 1 amide bonds. The van der Waals surface area contributed by atoms with Crippen molar-refractivity contribution in [2.45, 2.75) is 38.6 Å². The number of aliphatic hydroxyl groups excluding tert-OH is 1. The summed E-state index contributed by atoms with van der Waals surface area (Å²) in [6, 6.07) is 10.1. The zero-order valence-corrected chi connectivity index (χ0v) is 25.0. The number of rotatable bonds is 8. The number of aliphatic hydroxyl groups is 1. The van der Waals surface area contributed by atoms with Crippen LogP contribution in [-0.4, -0.2) is 59.8 Å². The number of aromatic nitrogens is 3. The van der Waals surface area contributed by atoms with Crippen molar-refractivity contribution >= 4 is 32.5 Å². The van der Waals surface area contributed by atoms with Gasteiger partial charge in [-0.05, 0) is 55.5 Å². The molecule has 9 nitrogen and oxygen atoms in total. The molecular formula is C31H33F2N5O4S. The van der Waals surface area contributed by atoms with Crippen molar-refractivity contribution < 1.29 is 27.1 Å². The van der Waals surface area contributed by atoms with Gasteiger partial charge in [-0.2, -0.15) is 0 Å².